The van der Waals surface area contributed by atoms with Gasteiger partial charge in [-0.2, -0.15) is 15.0 Å². The van der Waals surface area contributed by atoms with Crippen LogP contribution >= 0.6 is 0 Å². The van der Waals surface area contributed by atoms with E-state index in [4.69, 9.17) is 25.4 Å². The minimum absolute atomic E-state index is 0.465. The molecular formula is C18H25N7O. The number of morpholine rings is 1. The van der Waals surface area contributed by atoms with Crippen molar-refractivity contribution in [2.75, 3.05) is 54.9 Å². The zero-order valence-electron chi connectivity index (χ0n) is 15.0. The van der Waals surface area contributed by atoms with Gasteiger partial charge in [0.05, 0.1) is 13.2 Å². The van der Waals surface area contributed by atoms with Crippen molar-refractivity contribution in [2.45, 2.75) is 25.7 Å². The number of hydrogen-bond acceptors (Lipinski definition) is 8. The molecule has 4 heterocycles. The minimum atomic E-state index is 0.465. The molecule has 0 aromatic carbocycles. The van der Waals surface area contributed by atoms with Crippen LogP contribution in [0.4, 0.5) is 17.7 Å². The maximum atomic E-state index is 5.86. The van der Waals surface area contributed by atoms with Gasteiger partial charge in [-0.1, -0.05) is 18.9 Å². The summed E-state index contributed by atoms with van der Waals surface area (Å²) in [7, 11) is 0. The van der Waals surface area contributed by atoms with E-state index in [0.717, 1.165) is 32.1 Å². The summed E-state index contributed by atoms with van der Waals surface area (Å²) in [5.41, 5.74) is 6.54. The van der Waals surface area contributed by atoms with Crippen molar-refractivity contribution in [3.05, 3.63) is 18.2 Å². The number of nitrogens with two attached hydrogens (primary N) is 1. The SMILES string of the molecule is Nc1cccc(-c2nc(N3CCCCCC3)nc(N3CCOCC3)n2)n1. The van der Waals surface area contributed by atoms with E-state index in [9.17, 15) is 0 Å². The molecule has 0 amide bonds. The fourth-order valence-electron chi connectivity index (χ4n) is 3.36. The third-order valence-corrected chi connectivity index (χ3v) is 4.79. The van der Waals surface area contributed by atoms with E-state index in [1.54, 1.807) is 6.07 Å². The van der Waals surface area contributed by atoms with E-state index in [1.165, 1.54) is 25.7 Å². The smallest absolute Gasteiger partial charge is 0.230 e. The van der Waals surface area contributed by atoms with Crippen LogP contribution in [0.25, 0.3) is 11.5 Å². The summed E-state index contributed by atoms with van der Waals surface area (Å²) < 4.78 is 5.46. The van der Waals surface area contributed by atoms with Crippen LogP contribution in [0.5, 0.6) is 0 Å². The molecule has 0 bridgehead atoms. The van der Waals surface area contributed by atoms with Gasteiger partial charge in [0, 0.05) is 26.2 Å². The number of nitrogen functional groups attached to an aromatic ring is 1. The summed E-state index contributed by atoms with van der Waals surface area (Å²) in [6.45, 7) is 4.92. The molecule has 0 atom stereocenters. The molecule has 2 aliphatic heterocycles. The maximum Gasteiger partial charge on any atom is 0.230 e. The van der Waals surface area contributed by atoms with E-state index >= 15 is 0 Å². The average molecular weight is 355 g/mol. The highest BCUT2D eigenvalue weighted by atomic mass is 16.5. The van der Waals surface area contributed by atoms with Crippen molar-refractivity contribution in [3.8, 4) is 11.5 Å². The largest absolute Gasteiger partial charge is 0.384 e. The molecule has 8 nitrogen and oxygen atoms in total. The Kier molecular flexibility index (Phi) is 5.10. The number of anilines is 3. The fourth-order valence-corrected chi connectivity index (χ4v) is 3.36. The monoisotopic (exact) mass is 355 g/mol. The Morgan fingerprint density at radius 3 is 2.08 bits per heavy atom. The lowest BCUT2D eigenvalue weighted by atomic mass is 10.2. The highest BCUT2D eigenvalue weighted by Crippen LogP contribution is 2.23. The van der Waals surface area contributed by atoms with Gasteiger partial charge < -0.3 is 20.3 Å². The van der Waals surface area contributed by atoms with Crippen LogP contribution in [-0.2, 0) is 4.74 Å². The third kappa shape index (κ3) is 3.85. The van der Waals surface area contributed by atoms with Gasteiger partial charge in [-0.25, -0.2) is 4.98 Å². The second kappa shape index (κ2) is 7.82. The lowest BCUT2D eigenvalue weighted by molar-refractivity contribution is 0.122. The molecule has 138 valence electrons. The average Bonchev–Trinajstić information content (AvgIpc) is 2.98. The lowest BCUT2D eigenvalue weighted by Gasteiger charge is -2.28. The molecule has 2 aromatic rings. The standard InChI is InChI=1S/C18H25N7O/c19-15-7-5-6-14(20-15)16-21-17(24-8-3-1-2-4-9-24)23-18(22-16)25-10-12-26-13-11-25/h5-7H,1-4,8-13H2,(H2,19,20). The molecule has 2 fully saturated rings. The van der Waals surface area contributed by atoms with Crippen LogP contribution in [0.15, 0.2) is 18.2 Å². The molecule has 0 spiro atoms. The number of aromatic nitrogens is 4. The summed E-state index contributed by atoms with van der Waals surface area (Å²) in [4.78, 5) is 23.0. The molecule has 0 radical (unpaired) electrons. The Morgan fingerprint density at radius 2 is 1.42 bits per heavy atom. The molecule has 26 heavy (non-hydrogen) atoms. The Balaban J connectivity index is 1.73. The Labute approximate surface area is 153 Å². The van der Waals surface area contributed by atoms with E-state index in [-0.39, 0.29) is 0 Å². The van der Waals surface area contributed by atoms with E-state index < -0.39 is 0 Å². The molecule has 0 aliphatic carbocycles. The number of ether oxygens (including phenoxy) is 1. The van der Waals surface area contributed by atoms with Crippen molar-refractivity contribution >= 4 is 17.7 Å². The predicted octanol–water partition coefficient (Wildman–Crippen LogP) is 1.73. The second-order valence-corrected chi connectivity index (χ2v) is 6.71. The third-order valence-electron chi connectivity index (χ3n) is 4.79. The van der Waals surface area contributed by atoms with Crippen LogP contribution in [0, 0.1) is 0 Å². The molecule has 2 N–H and O–H groups in total. The van der Waals surface area contributed by atoms with Gasteiger partial charge in [0.25, 0.3) is 0 Å². The van der Waals surface area contributed by atoms with Crippen LogP contribution in [0.1, 0.15) is 25.7 Å². The topological polar surface area (TPSA) is 93.3 Å². The Morgan fingerprint density at radius 1 is 0.769 bits per heavy atom. The van der Waals surface area contributed by atoms with Crippen molar-refractivity contribution < 1.29 is 4.74 Å². The zero-order valence-corrected chi connectivity index (χ0v) is 15.0. The van der Waals surface area contributed by atoms with Gasteiger partial charge in [0.1, 0.15) is 11.5 Å². The molecule has 8 heteroatoms. The van der Waals surface area contributed by atoms with Crippen molar-refractivity contribution in [3.63, 3.8) is 0 Å². The number of nitrogens with zero attached hydrogens (tertiary/aromatic N) is 6. The molecule has 2 aromatic heterocycles. The van der Waals surface area contributed by atoms with E-state index in [1.807, 2.05) is 12.1 Å². The van der Waals surface area contributed by atoms with Gasteiger partial charge in [0.15, 0.2) is 5.82 Å². The number of rotatable bonds is 3. The highest BCUT2D eigenvalue weighted by Gasteiger charge is 2.21. The minimum Gasteiger partial charge on any atom is -0.384 e. The zero-order chi connectivity index (χ0) is 17.8. The number of hydrogen-bond donors (Lipinski definition) is 1. The van der Waals surface area contributed by atoms with Crippen LogP contribution in [0.3, 0.4) is 0 Å². The first-order valence-electron chi connectivity index (χ1n) is 9.36. The first kappa shape index (κ1) is 17.0. The van der Waals surface area contributed by atoms with Gasteiger partial charge >= 0.3 is 0 Å². The summed E-state index contributed by atoms with van der Waals surface area (Å²) in [6, 6.07) is 5.53. The van der Waals surface area contributed by atoms with Crippen molar-refractivity contribution in [1.82, 2.24) is 19.9 Å². The fraction of sp³-hybridized carbons (Fsp3) is 0.556. The maximum absolute atomic E-state index is 5.86. The van der Waals surface area contributed by atoms with Crippen LogP contribution in [-0.4, -0.2) is 59.3 Å². The molecular weight excluding hydrogens is 330 g/mol. The molecule has 0 unspecified atom stereocenters. The van der Waals surface area contributed by atoms with Crippen LogP contribution in [0.2, 0.25) is 0 Å². The first-order valence-corrected chi connectivity index (χ1v) is 9.36. The quantitative estimate of drug-likeness (QED) is 0.890. The lowest BCUT2D eigenvalue weighted by Crippen LogP contribution is -2.38. The summed E-state index contributed by atoms with van der Waals surface area (Å²) in [5, 5.41) is 0. The molecule has 0 saturated carbocycles. The predicted molar refractivity (Wildman–Crippen MR) is 101 cm³/mol. The van der Waals surface area contributed by atoms with Gasteiger partial charge in [-0.15, -0.1) is 0 Å². The molecule has 4 rings (SSSR count). The normalized spacial score (nSPS) is 18.6. The first-order chi connectivity index (χ1) is 12.8. The van der Waals surface area contributed by atoms with Gasteiger partial charge in [-0.05, 0) is 25.0 Å². The Hall–Kier alpha value is -2.48. The second-order valence-electron chi connectivity index (χ2n) is 6.71. The van der Waals surface area contributed by atoms with Crippen LogP contribution < -0.4 is 15.5 Å². The van der Waals surface area contributed by atoms with E-state index in [0.29, 0.717) is 36.5 Å². The van der Waals surface area contributed by atoms with Crippen molar-refractivity contribution in [1.29, 1.82) is 0 Å². The van der Waals surface area contributed by atoms with Crippen molar-refractivity contribution in [2.24, 2.45) is 0 Å². The summed E-state index contributed by atoms with van der Waals surface area (Å²) >= 11 is 0. The summed E-state index contributed by atoms with van der Waals surface area (Å²) in [6.07, 6.45) is 4.87. The number of pyridine rings is 1. The summed E-state index contributed by atoms with van der Waals surface area (Å²) in [5.74, 6) is 2.48. The van der Waals surface area contributed by atoms with Gasteiger partial charge in [-0.3, -0.25) is 0 Å². The molecule has 2 aliphatic rings. The van der Waals surface area contributed by atoms with E-state index in [2.05, 4.69) is 14.8 Å². The Bertz CT molecular complexity index is 740. The molecule has 2 saturated heterocycles. The highest BCUT2D eigenvalue weighted by molar-refractivity contribution is 5.56. The van der Waals surface area contributed by atoms with Gasteiger partial charge in [0.2, 0.25) is 11.9 Å².